The second kappa shape index (κ2) is 11.6. The molecule has 11 heteroatoms. The van der Waals surface area contributed by atoms with Crippen molar-refractivity contribution in [1.29, 1.82) is 0 Å². The van der Waals surface area contributed by atoms with Gasteiger partial charge in [0.25, 0.3) is 0 Å². The molecule has 1 aliphatic heterocycles. The predicted molar refractivity (Wildman–Crippen MR) is 118 cm³/mol. The number of benzene rings is 2. The number of hydrogen-bond acceptors (Lipinski definition) is 10. The van der Waals surface area contributed by atoms with E-state index in [1.165, 1.54) is 12.1 Å². The van der Waals surface area contributed by atoms with Crippen molar-refractivity contribution in [2.24, 2.45) is 0 Å². The van der Waals surface area contributed by atoms with Crippen LogP contribution in [0.25, 0.3) is 0 Å². The van der Waals surface area contributed by atoms with E-state index < -0.39 is 61.3 Å². The van der Waals surface area contributed by atoms with Gasteiger partial charge in [-0.1, -0.05) is 42.5 Å². The van der Waals surface area contributed by atoms with Gasteiger partial charge >= 0.3 is 11.9 Å². The third-order valence-corrected chi connectivity index (χ3v) is 5.60. The minimum Gasteiger partial charge on any atom is -0.479 e. The van der Waals surface area contributed by atoms with Crippen molar-refractivity contribution in [3.05, 3.63) is 65.7 Å². The molecule has 6 atom stereocenters. The number of ether oxygens (including phenoxy) is 3. The number of carboxylic acids is 1. The van der Waals surface area contributed by atoms with Crippen molar-refractivity contribution in [3.63, 3.8) is 0 Å². The number of carbonyl (C=O) groups is 2. The third kappa shape index (κ3) is 6.75. The van der Waals surface area contributed by atoms with Crippen molar-refractivity contribution in [3.8, 4) is 5.75 Å². The van der Waals surface area contributed by atoms with Gasteiger partial charge in [0, 0.05) is 6.42 Å². The van der Waals surface area contributed by atoms with Crippen LogP contribution in [0.5, 0.6) is 5.75 Å². The molecule has 0 aromatic heterocycles. The average Bonchev–Trinajstić information content (AvgIpc) is 2.84. The number of hydrogen-bond donors (Lipinski definition) is 6. The lowest BCUT2D eigenvalue weighted by Gasteiger charge is -2.39. The molecule has 1 saturated heterocycles. The monoisotopic (exact) mass is 492 g/mol. The first kappa shape index (κ1) is 26.5. The molecule has 1 heterocycles. The van der Waals surface area contributed by atoms with Gasteiger partial charge in [0.15, 0.2) is 5.60 Å². The number of esters is 1. The van der Waals surface area contributed by atoms with Crippen LogP contribution in [0.3, 0.4) is 0 Å². The summed E-state index contributed by atoms with van der Waals surface area (Å²) in [5.41, 5.74) is -1.23. The van der Waals surface area contributed by atoms with Crippen molar-refractivity contribution in [2.75, 3.05) is 6.61 Å². The van der Waals surface area contributed by atoms with Gasteiger partial charge in [0.1, 0.15) is 36.8 Å². The zero-order chi connectivity index (χ0) is 25.6. The number of aliphatic hydroxyl groups is 5. The van der Waals surface area contributed by atoms with Crippen LogP contribution in [0, 0.1) is 0 Å². The molecule has 0 aliphatic carbocycles. The molecule has 1 fully saturated rings. The Kier molecular flexibility index (Phi) is 8.78. The molecule has 0 amide bonds. The van der Waals surface area contributed by atoms with Gasteiger partial charge < -0.3 is 44.8 Å². The number of aliphatic hydroxyl groups excluding tert-OH is 4. The molecule has 1 aliphatic rings. The molecule has 3 rings (SSSR count). The summed E-state index contributed by atoms with van der Waals surface area (Å²) < 4.78 is 15.9. The highest BCUT2D eigenvalue weighted by atomic mass is 16.7. The first-order valence-corrected chi connectivity index (χ1v) is 10.8. The van der Waals surface area contributed by atoms with Crippen molar-refractivity contribution < 1.29 is 54.4 Å². The Labute approximate surface area is 200 Å². The second-order valence-electron chi connectivity index (χ2n) is 8.30. The second-order valence-corrected chi connectivity index (χ2v) is 8.30. The van der Waals surface area contributed by atoms with E-state index in [4.69, 9.17) is 14.2 Å². The molecule has 0 spiro atoms. The summed E-state index contributed by atoms with van der Waals surface area (Å²) in [6, 6.07) is 14.5. The molecule has 11 nitrogen and oxygen atoms in total. The van der Waals surface area contributed by atoms with E-state index in [1.54, 1.807) is 42.5 Å². The van der Waals surface area contributed by atoms with Gasteiger partial charge in [-0.05, 0) is 23.3 Å². The third-order valence-electron chi connectivity index (χ3n) is 5.60. The predicted octanol–water partition coefficient (Wildman–Crippen LogP) is -0.643. The SMILES string of the molecule is O=C(C[C@](O)(Cc1ccccc1)C(=O)O)OCc1ccc(O[C@@H]2O[C@H](CO)[C@@H](O)[C@H](O)[C@H]2O)cc1. The largest absolute Gasteiger partial charge is 0.479 e. The van der Waals surface area contributed by atoms with Crippen molar-refractivity contribution >= 4 is 11.9 Å². The van der Waals surface area contributed by atoms with Crippen LogP contribution in [-0.2, 0) is 32.1 Å². The molecule has 0 bridgehead atoms. The van der Waals surface area contributed by atoms with Gasteiger partial charge in [0.2, 0.25) is 6.29 Å². The van der Waals surface area contributed by atoms with Crippen LogP contribution >= 0.6 is 0 Å². The molecule has 2 aromatic carbocycles. The van der Waals surface area contributed by atoms with Crippen LogP contribution in [0.4, 0.5) is 0 Å². The van der Waals surface area contributed by atoms with Crippen LogP contribution in [0.15, 0.2) is 54.6 Å². The molecule has 0 unspecified atom stereocenters. The van der Waals surface area contributed by atoms with E-state index in [9.17, 15) is 40.2 Å². The zero-order valence-electron chi connectivity index (χ0n) is 18.6. The number of rotatable bonds is 10. The van der Waals surface area contributed by atoms with Crippen LogP contribution < -0.4 is 4.74 Å². The smallest absolute Gasteiger partial charge is 0.336 e. The minimum absolute atomic E-state index is 0.194. The van der Waals surface area contributed by atoms with E-state index in [0.717, 1.165) is 0 Å². The van der Waals surface area contributed by atoms with Gasteiger partial charge in [-0.15, -0.1) is 0 Å². The Bertz CT molecular complexity index is 979. The molecule has 0 saturated carbocycles. The molecule has 190 valence electrons. The highest BCUT2D eigenvalue weighted by Gasteiger charge is 2.44. The Morgan fingerprint density at radius 3 is 2.17 bits per heavy atom. The summed E-state index contributed by atoms with van der Waals surface area (Å²) in [5, 5.41) is 58.9. The fraction of sp³-hybridized carbons (Fsp3) is 0.417. The summed E-state index contributed by atoms with van der Waals surface area (Å²) in [4.78, 5) is 23.8. The highest BCUT2D eigenvalue weighted by molar-refractivity contribution is 5.84. The fourth-order valence-electron chi connectivity index (χ4n) is 3.56. The molecule has 6 N–H and O–H groups in total. The molecule has 35 heavy (non-hydrogen) atoms. The van der Waals surface area contributed by atoms with Gasteiger partial charge in [0.05, 0.1) is 13.0 Å². The summed E-state index contributed by atoms with van der Waals surface area (Å²) in [5.74, 6) is -2.20. The number of carbonyl (C=O) groups excluding carboxylic acids is 1. The Morgan fingerprint density at radius 2 is 1.57 bits per heavy atom. The lowest BCUT2D eigenvalue weighted by atomic mass is 9.91. The average molecular weight is 492 g/mol. The topological polar surface area (TPSA) is 183 Å². The van der Waals surface area contributed by atoms with Crippen molar-refractivity contribution in [2.45, 2.75) is 55.8 Å². The van der Waals surface area contributed by atoms with E-state index >= 15 is 0 Å². The quantitative estimate of drug-likeness (QED) is 0.232. The summed E-state index contributed by atoms with van der Waals surface area (Å²) in [6.07, 6.45) is -8.08. The first-order valence-electron chi connectivity index (χ1n) is 10.8. The lowest BCUT2D eigenvalue weighted by Crippen LogP contribution is -2.60. The Morgan fingerprint density at radius 1 is 0.914 bits per heavy atom. The van der Waals surface area contributed by atoms with Crippen LogP contribution in [-0.4, -0.2) is 85.5 Å². The van der Waals surface area contributed by atoms with Gasteiger partial charge in [-0.25, -0.2) is 4.79 Å². The van der Waals surface area contributed by atoms with E-state index in [0.29, 0.717) is 11.1 Å². The van der Waals surface area contributed by atoms with E-state index in [2.05, 4.69) is 0 Å². The maximum atomic E-state index is 12.2. The maximum Gasteiger partial charge on any atom is 0.336 e. The van der Waals surface area contributed by atoms with Crippen LogP contribution in [0.2, 0.25) is 0 Å². The Hall–Kier alpha value is -3.06. The lowest BCUT2D eigenvalue weighted by molar-refractivity contribution is -0.277. The standard InChI is InChI=1S/C24H28O11/c25-12-17-19(27)20(28)21(29)22(35-17)34-16-8-6-15(7-9-16)13-33-18(26)11-24(32,23(30)31)10-14-4-2-1-3-5-14/h1-9,17,19-22,25,27-29,32H,10-13H2,(H,30,31)/t17-,19-,20+,21-,22-,24-/m1/s1. The van der Waals surface area contributed by atoms with E-state index in [-0.39, 0.29) is 18.8 Å². The summed E-state index contributed by atoms with van der Waals surface area (Å²) in [7, 11) is 0. The van der Waals surface area contributed by atoms with Crippen molar-refractivity contribution in [1.82, 2.24) is 0 Å². The highest BCUT2D eigenvalue weighted by Crippen LogP contribution is 2.25. The fourth-order valence-corrected chi connectivity index (χ4v) is 3.56. The summed E-state index contributed by atoms with van der Waals surface area (Å²) >= 11 is 0. The molecule has 2 aromatic rings. The number of carboxylic acid groups (broad SMARTS) is 1. The molecular weight excluding hydrogens is 464 g/mol. The van der Waals surface area contributed by atoms with Gasteiger partial charge in [-0.2, -0.15) is 0 Å². The molecular formula is C24H28O11. The summed E-state index contributed by atoms with van der Waals surface area (Å²) in [6.45, 7) is -0.780. The number of aliphatic carboxylic acids is 1. The normalized spacial score (nSPS) is 25.9. The minimum atomic E-state index is -2.32. The van der Waals surface area contributed by atoms with Crippen LogP contribution in [0.1, 0.15) is 17.5 Å². The van der Waals surface area contributed by atoms with E-state index in [1.807, 2.05) is 0 Å². The zero-order valence-corrected chi connectivity index (χ0v) is 18.6. The van der Waals surface area contributed by atoms with Gasteiger partial charge in [-0.3, -0.25) is 4.79 Å². The molecule has 0 radical (unpaired) electrons. The maximum absolute atomic E-state index is 12.2. The Balaban J connectivity index is 1.54. The first-order chi connectivity index (χ1) is 16.6.